The molecule has 100 valence electrons. The summed E-state index contributed by atoms with van der Waals surface area (Å²) in [4.78, 5) is 25.2. The molecule has 1 atom stereocenters. The summed E-state index contributed by atoms with van der Waals surface area (Å²) < 4.78 is 2.67. The maximum atomic E-state index is 12.1. The molecule has 0 aliphatic heterocycles. The van der Waals surface area contributed by atoms with Gasteiger partial charge in [-0.1, -0.05) is 0 Å². The van der Waals surface area contributed by atoms with Crippen molar-refractivity contribution < 1.29 is 9.59 Å². The quantitative estimate of drug-likeness (QED) is 0.915. The Bertz CT molecular complexity index is 454. The minimum atomic E-state index is -0.536. The third-order valence-corrected chi connectivity index (χ3v) is 3.03. The van der Waals surface area contributed by atoms with Gasteiger partial charge in [-0.3, -0.25) is 9.59 Å². The van der Waals surface area contributed by atoms with Crippen LogP contribution in [0.3, 0.4) is 0 Å². The first-order valence-corrected chi connectivity index (χ1v) is 6.53. The zero-order chi connectivity index (χ0) is 13.9. The highest BCUT2D eigenvalue weighted by Gasteiger charge is 2.20. The molecule has 2 amide bonds. The van der Waals surface area contributed by atoms with Gasteiger partial charge in [-0.15, -0.1) is 0 Å². The normalized spacial score (nSPS) is 12.1. The summed E-state index contributed by atoms with van der Waals surface area (Å²) in [6.07, 6.45) is 1.84. The second-order valence-electron chi connectivity index (χ2n) is 4.26. The van der Waals surface area contributed by atoms with Crippen molar-refractivity contribution in [3.8, 4) is 0 Å². The Labute approximate surface area is 115 Å². The van der Waals surface area contributed by atoms with Crippen molar-refractivity contribution in [3.05, 3.63) is 22.4 Å². The Morgan fingerprint density at radius 1 is 1.50 bits per heavy atom. The molecule has 0 aliphatic carbocycles. The molecule has 1 unspecified atom stereocenters. The number of aromatic nitrogens is 1. The highest BCUT2D eigenvalue weighted by Crippen LogP contribution is 2.15. The van der Waals surface area contributed by atoms with E-state index in [0.29, 0.717) is 12.2 Å². The highest BCUT2D eigenvalue weighted by molar-refractivity contribution is 9.10. The van der Waals surface area contributed by atoms with Crippen molar-refractivity contribution >= 4 is 27.7 Å². The Balaban J connectivity index is 2.79. The molecule has 0 saturated carbocycles. The second-order valence-corrected chi connectivity index (χ2v) is 5.17. The van der Waals surface area contributed by atoms with Gasteiger partial charge in [0, 0.05) is 31.3 Å². The second kappa shape index (κ2) is 6.04. The molecule has 18 heavy (non-hydrogen) atoms. The Morgan fingerprint density at radius 2 is 2.11 bits per heavy atom. The van der Waals surface area contributed by atoms with Crippen LogP contribution in [0.5, 0.6) is 0 Å². The largest absolute Gasteiger partial charge is 0.347 e. The van der Waals surface area contributed by atoms with Crippen LogP contribution < -0.4 is 5.32 Å². The fraction of sp³-hybridized carbons (Fsp3) is 0.500. The Kier molecular flexibility index (Phi) is 4.95. The number of hydrogen-bond donors (Lipinski definition) is 1. The van der Waals surface area contributed by atoms with Crippen LogP contribution in [0, 0.1) is 0 Å². The Hall–Kier alpha value is -1.30. The van der Waals surface area contributed by atoms with Crippen molar-refractivity contribution in [3.63, 3.8) is 0 Å². The molecule has 0 saturated heterocycles. The van der Waals surface area contributed by atoms with E-state index in [1.54, 1.807) is 27.1 Å². The number of carbonyl (C=O) groups excluding carboxylic acids is 2. The molecule has 0 bridgehead atoms. The monoisotopic (exact) mass is 315 g/mol. The van der Waals surface area contributed by atoms with Gasteiger partial charge in [-0.05, 0) is 35.8 Å². The number of likely N-dealkylation sites (N-methyl/N-ethyl adjacent to an activating group) is 1. The summed E-state index contributed by atoms with van der Waals surface area (Å²) in [5.74, 6) is -0.373. The molecule has 0 aliphatic rings. The van der Waals surface area contributed by atoms with E-state index in [4.69, 9.17) is 0 Å². The van der Waals surface area contributed by atoms with Crippen LogP contribution in [0.4, 0.5) is 0 Å². The minimum Gasteiger partial charge on any atom is -0.347 e. The lowest BCUT2D eigenvalue weighted by Crippen LogP contribution is -2.44. The lowest BCUT2D eigenvalue weighted by molar-refractivity contribution is -0.130. The van der Waals surface area contributed by atoms with Gasteiger partial charge < -0.3 is 14.8 Å². The number of nitrogens with one attached hydrogen (secondary N) is 1. The molecule has 1 aromatic rings. The zero-order valence-electron chi connectivity index (χ0n) is 11.0. The average Bonchev–Trinajstić information content (AvgIpc) is 2.69. The first kappa shape index (κ1) is 14.8. The van der Waals surface area contributed by atoms with Crippen LogP contribution in [0.25, 0.3) is 0 Å². The number of rotatable bonds is 4. The topological polar surface area (TPSA) is 54.3 Å². The SMILES string of the molecule is CCn1cc(Br)cc1C(=O)NC(C)C(=O)N(C)C. The van der Waals surface area contributed by atoms with Gasteiger partial charge in [0.2, 0.25) is 5.91 Å². The molecule has 0 radical (unpaired) electrons. The summed E-state index contributed by atoms with van der Waals surface area (Å²) in [6.45, 7) is 4.33. The number of carbonyl (C=O) groups is 2. The van der Waals surface area contributed by atoms with E-state index in [9.17, 15) is 9.59 Å². The summed E-state index contributed by atoms with van der Waals surface area (Å²) in [7, 11) is 3.33. The number of aryl methyl sites for hydroxylation is 1. The molecule has 1 heterocycles. The molecule has 1 aromatic heterocycles. The molecule has 0 aromatic carbocycles. The van der Waals surface area contributed by atoms with Crippen LogP contribution in [0.15, 0.2) is 16.7 Å². The van der Waals surface area contributed by atoms with E-state index >= 15 is 0 Å². The minimum absolute atomic E-state index is 0.128. The number of hydrogen-bond acceptors (Lipinski definition) is 2. The summed E-state index contributed by atoms with van der Waals surface area (Å²) >= 11 is 3.33. The van der Waals surface area contributed by atoms with Gasteiger partial charge in [0.1, 0.15) is 11.7 Å². The zero-order valence-corrected chi connectivity index (χ0v) is 12.6. The van der Waals surface area contributed by atoms with Gasteiger partial charge in [0.05, 0.1) is 0 Å². The smallest absolute Gasteiger partial charge is 0.268 e. The van der Waals surface area contributed by atoms with Gasteiger partial charge in [0.25, 0.3) is 5.91 Å². The van der Waals surface area contributed by atoms with Crippen LogP contribution >= 0.6 is 15.9 Å². The lowest BCUT2D eigenvalue weighted by Gasteiger charge is -2.18. The van der Waals surface area contributed by atoms with E-state index in [-0.39, 0.29) is 11.8 Å². The van der Waals surface area contributed by atoms with Crippen molar-refractivity contribution in [2.75, 3.05) is 14.1 Å². The van der Waals surface area contributed by atoms with E-state index in [1.165, 1.54) is 4.90 Å². The van der Waals surface area contributed by atoms with Gasteiger partial charge in [-0.25, -0.2) is 0 Å². The van der Waals surface area contributed by atoms with E-state index in [0.717, 1.165) is 4.47 Å². The van der Waals surface area contributed by atoms with Crippen LogP contribution in [-0.4, -0.2) is 41.4 Å². The lowest BCUT2D eigenvalue weighted by atomic mass is 10.3. The highest BCUT2D eigenvalue weighted by atomic mass is 79.9. The Morgan fingerprint density at radius 3 is 2.61 bits per heavy atom. The molecule has 1 rings (SSSR count). The van der Waals surface area contributed by atoms with Crippen molar-refractivity contribution in [2.24, 2.45) is 0 Å². The molecule has 5 nitrogen and oxygen atoms in total. The predicted molar refractivity (Wildman–Crippen MR) is 73.4 cm³/mol. The fourth-order valence-corrected chi connectivity index (χ4v) is 2.11. The van der Waals surface area contributed by atoms with Crippen molar-refractivity contribution in [2.45, 2.75) is 26.4 Å². The maximum absolute atomic E-state index is 12.1. The van der Waals surface area contributed by atoms with Crippen LogP contribution in [0.2, 0.25) is 0 Å². The summed E-state index contributed by atoms with van der Waals surface area (Å²) in [6, 6.07) is 1.21. The number of amides is 2. The third kappa shape index (κ3) is 3.35. The molecule has 0 fully saturated rings. The van der Waals surface area contributed by atoms with Gasteiger partial charge in [0.15, 0.2) is 0 Å². The maximum Gasteiger partial charge on any atom is 0.268 e. The summed E-state index contributed by atoms with van der Waals surface area (Å²) in [5.41, 5.74) is 0.544. The molecule has 0 spiro atoms. The van der Waals surface area contributed by atoms with Gasteiger partial charge in [-0.2, -0.15) is 0 Å². The molecule has 1 N–H and O–H groups in total. The first-order chi connectivity index (χ1) is 8.36. The predicted octanol–water partition coefficient (Wildman–Crippen LogP) is 1.48. The van der Waals surface area contributed by atoms with E-state index < -0.39 is 6.04 Å². The third-order valence-electron chi connectivity index (χ3n) is 2.60. The molecular weight excluding hydrogens is 298 g/mol. The summed E-state index contributed by atoms with van der Waals surface area (Å²) in [5, 5.41) is 2.69. The first-order valence-electron chi connectivity index (χ1n) is 5.74. The van der Waals surface area contributed by atoms with E-state index in [1.807, 2.05) is 17.7 Å². The standard InChI is InChI=1S/C12H18BrN3O2/c1-5-16-7-9(13)6-10(16)11(17)14-8(2)12(18)15(3)4/h6-8H,5H2,1-4H3,(H,14,17). The molecule has 6 heteroatoms. The number of halogens is 1. The van der Waals surface area contributed by atoms with E-state index in [2.05, 4.69) is 21.2 Å². The molecular formula is C12H18BrN3O2. The van der Waals surface area contributed by atoms with Crippen LogP contribution in [0.1, 0.15) is 24.3 Å². The fourth-order valence-electron chi connectivity index (χ4n) is 1.65. The van der Waals surface area contributed by atoms with Crippen molar-refractivity contribution in [1.82, 2.24) is 14.8 Å². The van der Waals surface area contributed by atoms with Crippen LogP contribution in [-0.2, 0) is 11.3 Å². The average molecular weight is 316 g/mol. The van der Waals surface area contributed by atoms with Gasteiger partial charge >= 0.3 is 0 Å². The van der Waals surface area contributed by atoms with Crippen molar-refractivity contribution in [1.29, 1.82) is 0 Å². The number of nitrogens with zero attached hydrogens (tertiary/aromatic N) is 2.